The quantitative estimate of drug-likeness (QED) is 0.425. The monoisotopic (exact) mass is 472 g/mol. The Morgan fingerprint density at radius 1 is 1.12 bits per heavy atom. The van der Waals surface area contributed by atoms with Crippen LogP contribution in [0.5, 0.6) is 11.5 Å². The third kappa shape index (κ3) is 5.05. The van der Waals surface area contributed by atoms with Crippen LogP contribution in [0.3, 0.4) is 0 Å². The second-order valence-corrected chi connectivity index (χ2v) is 9.38. The Morgan fingerprint density at radius 2 is 1.84 bits per heavy atom. The molecule has 2 aromatic carbocycles. The van der Waals surface area contributed by atoms with Crippen molar-refractivity contribution in [3.05, 3.63) is 71.2 Å². The fourth-order valence-electron chi connectivity index (χ4n) is 3.00. The lowest BCUT2D eigenvalue weighted by atomic mass is 10.1. The molecule has 0 bridgehead atoms. The number of nitrogens with zero attached hydrogens (tertiary/aromatic N) is 2. The van der Waals surface area contributed by atoms with E-state index in [1.807, 2.05) is 6.92 Å². The van der Waals surface area contributed by atoms with Crippen LogP contribution >= 0.6 is 11.8 Å². The van der Waals surface area contributed by atoms with Crippen LogP contribution in [-0.2, 0) is 21.2 Å². The molecule has 1 heterocycles. The normalized spacial score (nSPS) is 16.6. The molecule has 168 valence electrons. The molecule has 0 saturated carbocycles. The van der Waals surface area contributed by atoms with Gasteiger partial charge in [-0.2, -0.15) is 8.42 Å². The van der Waals surface area contributed by atoms with Crippen LogP contribution in [0.2, 0.25) is 0 Å². The summed E-state index contributed by atoms with van der Waals surface area (Å²) in [6.07, 6.45) is 3.97. The van der Waals surface area contributed by atoms with Crippen molar-refractivity contribution in [1.29, 1.82) is 0 Å². The molecule has 0 spiro atoms. The Labute approximate surface area is 192 Å². The molecule has 7 nitrogen and oxygen atoms in total. The van der Waals surface area contributed by atoms with Crippen LogP contribution in [0.4, 0.5) is 0 Å². The maximum atomic E-state index is 13.0. The second kappa shape index (κ2) is 10.1. The number of aryl methyl sites for hydroxylation is 1. The van der Waals surface area contributed by atoms with Gasteiger partial charge in [0.05, 0.1) is 24.0 Å². The van der Waals surface area contributed by atoms with E-state index in [1.165, 1.54) is 30.2 Å². The van der Waals surface area contributed by atoms with E-state index in [4.69, 9.17) is 9.47 Å². The lowest BCUT2D eigenvalue weighted by Crippen LogP contribution is -2.29. The van der Waals surface area contributed by atoms with E-state index in [-0.39, 0.29) is 22.5 Å². The first-order valence-corrected chi connectivity index (χ1v) is 12.1. The van der Waals surface area contributed by atoms with Gasteiger partial charge in [0.15, 0.2) is 5.17 Å². The van der Waals surface area contributed by atoms with E-state index in [0.717, 1.165) is 23.7 Å². The van der Waals surface area contributed by atoms with Crippen molar-refractivity contribution >= 4 is 38.9 Å². The number of benzene rings is 2. The molecule has 0 unspecified atom stereocenters. The van der Waals surface area contributed by atoms with Crippen molar-refractivity contribution in [1.82, 2.24) is 4.90 Å². The van der Waals surface area contributed by atoms with Crippen molar-refractivity contribution in [2.45, 2.75) is 18.2 Å². The van der Waals surface area contributed by atoms with Crippen molar-refractivity contribution in [3.63, 3.8) is 0 Å². The second-order valence-electron chi connectivity index (χ2n) is 6.77. The Kier molecular flexibility index (Phi) is 7.42. The molecule has 0 atom stereocenters. The van der Waals surface area contributed by atoms with Gasteiger partial charge in [-0.3, -0.25) is 9.69 Å². The zero-order valence-corrected chi connectivity index (χ0v) is 19.7. The van der Waals surface area contributed by atoms with Gasteiger partial charge in [0.2, 0.25) is 0 Å². The number of ether oxygens (including phenoxy) is 2. The summed E-state index contributed by atoms with van der Waals surface area (Å²) in [5.41, 5.74) is 1.68. The number of thioether (sulfide) groups is 1. The molecule has 0 aromatic heterocycles. The van der Waals surface area contributed by atoms with Gasteiger partial charge in [-0.25, -0.2) is 0 Å². The van der Waals surface area contributed by atoms with Gasteiger partial charge < -0.3 is 9.47 Å². The number of rotatable bonds is 8. The molecule has 1 aliphatic heterocycles. The van der Waals surface area contributed by atoms with Gasteiger partial charge in [-0.15, -0.1) is 11.0 Å². The zero-order valence-electron chi connectivity index (χ0n) is 18.1. The van der Waals surface area contributed by atoms with Crippen LogP contribution in [0.25, 0.3) is 6.08 Å². The smallest absolute Gasteiger partial charge is 0.284 e. The topological polar surface area (TPSA) is 85.3 Å². The summed E-state index contributed by atoms with van der Waals surface area (Å²) in [4.78, 5) is 14.7. The largest absolute Gasteiger partial charge is 0.497 e. The van der Waals surface area contributed by atoms with Crippen molar-refractivity contribution in [3.8, 4) is 11.5 Å². The number of carbonyl (C=O) groups excluding carboxylic acids is 1. The first-order chi connectivity index (χ1) is 15.3. The Hall–Kier alpha value is -3.04. The molecule has 9 heteroatoms. The number of amides is 1. The summed E-state index contributed by atoms with van der Waals surface area (Å²) < 4.78 is 40.3. The average molecular weight is 473 g/mol. The molecule has 0 N–H and O–H groups in total. The third-order valence-corrected chi connectivity index (χ3v) is 7.16. The minimum absolute atomic E-state index is 0.0723. The summed E-state index contributed by atoms with van der Waals surface area (Å²) >= 11 is 0.994. The Bertz CT molecular complexity index is 1190. The van der Waals surface area contributed by atoms with Gasteiger partial charge in [0, 0.05) is 18.2 Å². The lowest BCUT2D eigenvalue weighted by Gasteiger charge is -2.12. The van der Waals surface area contributed by atoms with Gasteiger partial charge in [-0.05, 0) is 54.1 Å². The van der Waals surface area contributed by atoms with Crippen LogP contribution in [0.15, 0.2) is 69.3 Å². The van der Waals surface area contributed by atoms with Gasteiger partial charge >= 0.3 is 0 Å². The fraction of sp³-hybridized carbons (Fsp3) is 0.217. The standard InChI is InChI=1S/C23H24N2O5S2/c1-5-13-25-22(26)21(14-17-9-10-18(29-3)15-20(17)30-4)31-23(25)24-32(27,28)19-11-7-16(6-2)8-12-19/h5,7-12,14-15H,1,6,13H2,2-4H3. The maximum Gasteiger partial charge on any atom is 0.284 e. The Balaban J connectivity index is 1.99. The van der Waals surface area contributed by atoms with Crippen molar-refractivity contribution in [2.24, 2.45) is 4.40 Å². The maximum absolute atomic E-state index is 13.0. The van der Waals surface area contributed by atoms with E-state index in [9.17, 15) is 13.2 Å². The molecule has 0 aliphatic carbocycles. The highest BCUT2D eigenvalue weighted by Crippen LogP contribution is 2.36. The highest BCUT2D eigenvalue weighted by molar-refractivity contribution is 8.19. The summed E-state index contributed by atoms with van der Waals surface area (Å²) in [6, 6.07) is 11.8. The van der Waals surface area contributed by atoms with E-state index in [2.05, 4.69) is 11.0 Å². The van der Waals surface area contributed by atoms with E-state index >= 15 is 0 Å². The average Bonchev–Trinajstić information content (AvgIpc) is 3.08. The number of carbonyl (C=O) groups is 1. The molecule has 1 amide bonds. The first kappa shape index (κ1) is 23.6. The summed E-state index contributed by atoms with van der Waals surface area (Å²) in [5, 5.41) is 0.0770. The molecule has 1 saturated heterocycles. The molecule has 2 aromatic rings. The third-order valence-electron chi connectivity index (χ3n) is 4.75. The summed E-state index contributed by atoms with van der Waals surface area (Å²) in [6.45, 7) is 5.78. The van der Waals surface area contributed by atoms with Crippen LogP contribution in [0.1, 0.15) is 18.1 Å². The van der Waals surface area contributed by atoms with E-state index < -0.39 is 10.0 Å². The number of sulfonamides is 1. The molecular weight excluding hydrogens is 448 g/mol. The predicted molar refractivity (Wildman–Crippen MR) is 127 cm³/mol. The molecule has 32 heavy (non-hydrogen) atoms. The molecular formula is C23H24N2O5S2. The fourth-order valence-corrected chi connectivity index (χ4v) is 5.18. The van der Waals surface area contributed by atoms with Crippen molar-refractivity contribution in [2.75, 3.05) is 20.8 Å². The van der Waals surface area contributed by atoms with Crippen LogP contribution in [0, 0.1) is 0 Å². The molecule has 1 aliphatic rings. The van der Waals surface area contributed by atoms with E-state index in [0.29, 0.717) is 22.0 Å². The Morgan fingerprint density at radius 3 is 2.44 bits per heavy atom. The van der Waals surface area contributed by atoms with Gasteiger partial charge in [0.1, 0.15) is 11.5 Å². The van der Waals surface area contributed by atoms with Gasteiger partial charge in [-0.1, -0.05) is 25.1 Å². The minimum Gasteiger partial charge on any atom is -0.497 e. The van der Waals surface area contributed by atoms with E-state index in [1.54, 1.807) is 43.5 Å². The molecule has 0 radical (unpaired) electrons. The number of methoxy groups -OCH3 is 2. The minimum atomic E-state index is -3.99. The van der Waals surface area contributed by atoms with Crippen LogP contribution in [-0.4, -0.2) is 45.2 Å². The molecule has 1 fully saturated rings. The van der Waals surface area contributed by atoms with Crippen molar-refractivity contribution < 1.29 is 22.7 Å². The van der Waals surface area contributed by atoms with Gasteiger partial charge in [0.25, 0.3) is 15.9 Å². The SMILES string of the molecule is C=CCN1C(=O)C(=Cc2ccc(OC)cc2OC)SC1=NS(=O)(=O)c1ccc(CC)cc1. The highest BCUT2D eigenvalue weighted by atomic mass is 32.2. The zero-order chi connectivity index (χ0) is 23.3. The number of hydrogen-bond donors (Lipinski definition) is 0. The first-order valence-electron chi connectivity index (χ1n) is 9.81. The predicted octanol–water partition coefficient (Wildman–Crippen LogP) is 4.11. The van der Waals surface area contributed by atoms with Crippen LogP contribution < -0.4 is 9.47 Å². The summed E-state index contributed by atoms with van der Waals surface area (Å²) in [5.74, 6) is 0.780. The lowest BCUT2D eigenvalue weighted by molar-refractivity contribution is -0.121. The highest BCUT2D eigenvalue weighted by Gasteiger charge is 2.34. The number of amidine groups is 1. The number of hydrogen-bond acceptors (Lipinski definition) is 6. The summed E-state index contributed by atoms with van der Waals surface area (Å²) in [7, 11) is -0.918. The molecule has 3 rings (SSSR count).